The van der Waals surface area contributed by atoms with Crippen molar-refractivity contribution in [3.8, 4) is 5.69 Å². The largest absolute Gasteiger partial charge is 0.252 e. The Kier molecular flexibility index (Phi) is 1.62. The van der Waals surface area contributed by atoms with E-state index in [0.29, 0.717) is 0 Å². The normalized spacial score (nSPS) is 12.2. The van der Waals surface area contributed by atoms with Crippen LogP contribution in [0.5, 0.6) is 0 Å². The van der Waals surface area contributed by atoms with Gasteiger partial charge in [-0.2, -0.15) is 0 Å². The van der Waals surface area contributed by atoms with E-state index in [4.69, 9.17) is 4.63 Å². The molecule has 0 saturated carbocycles. The molecule has 1 aromatic heterocycles. The zero-order valence-electron chi connectivity index (χ0n) is 8.16. The maximum Gasteiger partial charge on any atom is 0.105 e. The highest BCUT2D eigenvalue weighted by Crippen LogP contribution is 2.23. The number of aromatic nitrogens is 2. The Balaban J connectivity index is 2.30. The van der Waals surface area contributed by atoms with Gasteiger partial charge in [-0.25, -0.2) is 0 Å². The van der Waals surface area contributed by atoms with Gasteiger partial charge in [0.1, 0.15) is 5.69 Å². The van der Waals surface area contributed by atoms with Crippen LogP contribution in [-0.4, -0.2) is 10.1 Å². The van der Waals surface area contributed by atoms with Crippen LogP contribution in [0, 0.1) is 0 Å². The van der Waals surface area contributed by atoms with Gasteiger partial charge in [0.05, 0.1) is 0 Å². The lowest BCUT2D eigenvalue weighted by Gasteiger charge is -2.18. The fourth-order valence-electron chi connectivity index (χ4n) is 1.22. The van der Waals surface area contributed by atoms with Gasteiger partial charge in [-0.3, -0.25) is 4.63 Å². The molecule has 0 atom stereocenters. The van der Waals surface area contributed by atoms with Crippen LogP contribution in [0.2, 0.25) is 0 Å². The molecule has 13 heavy (non-hydrogen) atoms. The Labute approximate surface area is 77.2 Å². The summed E-state index contributed by atoms with van der Waals surface area (Å²) in [7, 11) is 0. The van der Waals surface area contributed by atoms with Crippen molar-refractivity contribution in [1.29, 1.82) is 0 Å². The van der Waals surface area contributed by atoms with Gasteiger partial charge in [0, 0.05) is 0 Å². The third-order valence-electron chi connectivity index (χ3n) is 2.15. The van der Waals surface area contributed by atoms with E-state index in [1.807, 2.05) is 12.1 Å². The number of rotatable bonds is 1. The van der Waals surface area contributed by atoms with Crippen molar-refractivity contribution in [1.82, 2.24) is 10.1 Å². The van der Waals surface area contributed by atoms with E-state index in [9.17, 15) is 0 Å². The van der Waals surface area contributed by atoms with E-state index in [-0.39, 0.29) is 5.41 Å². The first kappa shape index (κ1) is 8.23. The second kappa shape index (κ2) is 2.55. The summed E-state index contributed by atoms with van der Waals surface area (Å²) in [5.41, 5.74) is 2.58. The molecule has 1 N–H and O–H groups in total. The summed E-state index contributed by atoms with van der Waals surface area (Å²) in [6.45, 7) is 6.61. The summed E-state index contributed by atoms with van der Waals surface area (Å²) < 4.78 is 4.80. The minimum atomic E-state index is 0.214. The maximum atomic E-state index is 4.80. The lowest BCUT2D eigenvalue weighted by molar-refractivity contribution is 0.501. The molecule has 0 radical (unpaired) electrons. The van der Waals surface area contributed by atoms with Crippen LogP contribution in [0.3, 0.4) is 0 Å². The lowest BCUT2D eigenvalue weighted by Crippen LogP contribution is -2.10. The fourth-order valence-corrected chi connectivity index (χ4v) is 1.22. The molecule has 3 nitrogen and oxygen atoms in total. The summed E-state index contributed by atoms with van der Waals surface area (Å²) in [6.07, 6.45) is 0. The molecule has 2 rings (SSSR count). The monoisotopic (exact) mass is 178 g/mol. The summed E-state index contributed by atoms with van der Waals surface area (Å²) in [5, 5.41) is 2.64. The van der Waals surface area contributed by atoms with Crippen LogP contribution in [0.15, 0.2) is 28.9 Å². The van der Waals surface area contributed by atoms with E-state index in [1.54, 1.807) is 4.85 Å². The summed E-state index contributed by atoms with van der Waals surface area (Å²) in [5.74, 6) is 0. The first-order chi connectivity index (χ1) is 6.07. The topological polar surface area (TPSA) is 33.9 Å². The van der Waals surface area contributed by atoms with Gasteiger partial charge >= 0.3 is 0 Å². The lowest BCUT2D eigenvalue weighted by atomic mass is 9.87. The maximum absolute atomic E-state index is 4.80. The predicted octanol–water partition coefficient (Wildman–Crippen LogP) is 2.70. The molecule has 0 fully saturated rings. The molecular weight excluding hydrogens is 164 g/mol. The first-order valence-electron chi connectivity index (χ1n) is 4.41. The van der Waals surface area contributed by atoms with Gasteiger partial charge in [-0.1, -0.05) is 43.0 Å². The van der Waals surface area contributed by atoms with Gasteiger partial charge in [0.15, 0.2) is 0 Å². The highest BCUT2D eigenvalue weighted by Gasteiger charge is 2.13. The van der Waals surface area contributed by atoms with Crippen LogP contribution >= 0.6 is 0 Å². The van der Waals surface area contributed by atoms with Crippen LogP contribution in [0.1, 0.15) is 26.3 Å². The highest BCUT2D eigenvalue weighted by atomic mass is 16.7. The number of hydrogen-bond donors (Lipinski definition) is 1. The van der Waals surface area contributed by atoms with Crippen molar-refractivity contribution in [2.24, 2.45) is 0 Å². The minimum absolute atomic E-state index is 0.214. The van der Waals surface area contributed by atoms with Crippen molar-refractivity contribution in [2.75, 3.05) is 0 Å². The van der Waals surface area contributed by atoms with Gasteiger partial charge in [0.25, 0.3) is 0 Å². The predicted molar refractivity (Wildman–Crippen MR) is 51.1 cm³/mol. The second-order valence-electron chi connectivity index (χ2n) is 4.27. The molecule has 0 aliphatic rings. The van der Waals surface area contributed by atoms with Crippen molar-refractivity contribution in [2.45, 2.75) is 26.2 Å². The molecule has 0 amide bonds. The van der Waals surface area contributed by atoms with Gasteiger partial charge in [0.2, 0.25) is 0 Å². The number of nitrogens with one attached hydrogen (secondary N) is 1. The van der Waals surface area contributed by atoms with Crippen molar-refractivity contribution in [3.63, 3.8) is 0 Å². The molecule has 70 valence electrons. The van der Waals surface area contributed by atoms with E-state index in [2.05, 4.69) is 38.2 Å². The smallest absolute Gasteiger partial charge is 0.105 e. The van der Waals surface area contributed by atoms with E-state index in [1.165, 1.54) is 5.56 Å². The molecular formula is C10H14N2O. The molecule has 0 bridgehead atoms. The number of benzene rings is 1. The molecule has 2 aromatic rings. The number of nitrogens with zero attached hydrogens (tertiary/aromatic N) is 1. The molecule has 0 saturated heterocycles. The quantitative estimate of drug-likeness (QED) is 0.715. The Morgan fingerprint density at radius 3 is 2.08 bits per heavy atom. The Bertz CT molecular complexity index is 361. The molecule has 1 aromatic carbocycles. The Morgan fingerprint density at radius 1 is 1.15 bits per heavy atom. The van der Waals surface area contributed by atoms with Crippen LogP contribution in [-0.2, 0) is 5.41 Å². The molecule has 0 aliphatic heterocycles. The number of hydrogen-bond acceptors (Lipinski definition) is 1. The molecule has 1 heterocycles. The van der Waals surface area contributed by atoms with Crippen molar-refractivity contribution in [3.05, 3.63) is 29.8 Å². The zero-order valence-corrected chi connectivity index (χ0v) is 8.16. The Morgan fingerprint density at radius 2 is 1.69 bits per heavy atom. The van der Waals surface area contributed by atoms with Crippen LogP contribution < -0.4 is 0 Å². The molecule has 0 spiro atoms. The molecule has 0 aliphatic carbocycles. The SMILES string of the molecule is CC(C)(C)c1ccc(-n2[nH]o2)cc1. The van der Waals surface area contributed by atoms with Gasteiger partial charge < -0.3 is 0 Å². The van der Waals surface area contributed by atoms with E-state index >= 15 is 0 Å². The van der Waals surface area contributed by atoms with Gasteiger partial charge in [-0.15, -0.1) is 0 Å². The fraction of sp³-hybridized carbons (Fsp3) is 0.400. The van der Waals surface area contributed by atoms with Crippen molar-refractivity contribution < 1.29 is 4.63 Å². The first-order valence-corrected chi connectivity index (χ1v) is 4.41. The molecule has 3 heteroatoms. The molecule has 0 unspecified atom stereocenters. The standard InChI is InChI=1S/C10H14N2O/c1-10(2,3)8-4-6-9(7-5-8)12-11-13-12/h4-7,11H,1-3H3. The van der Waals surface area contributed by atoms with Crippen LogP contribution in [0.4, 0.5) is 0 Å². The average Bonchev–Trinajstić information content (AvgIpc) is 2.85. The third-order valence-corrected chi connectivity index (χ3v) is 2.15. The number of aromatic amines is 1. The van der Waals surface area contributed by atoms with E-state index < -0.39 is 0 Å². The zero-order chi connectivity index (χ0) is 9.47. The minimum Gasteiger partial charge on any atom is -0.252 e. The highest BCUT2D eigenvalue weighted by molar-refractivity contribution is 5.34. The summed E-state index contributed by atoms with van der Waals surface area (Å²) >= 11 is 0. The third kappa shape index (κ3) is 1.69. The summed E-state index contributed by atoms with van der Waals surface area (Å²) in [4.78, 5) is 1.62. The van der Waals surface area contributed by atoms with Gasteiger partial charge in [-0.05, 0) is 23.1 Å². The summed E-state index contributed by atoms with van der Waals surface area (Å²) in [6, 6.07) is 8.33. The number of H-pyrrole nitrogens is 1. The second-order valence-corrected chi connectivity index (χ2v) is 4.27. The van der Waals surface area contributed by atoms with E-state index in [0.717, 1.165) is 5.69 Å². The average molecular weight is 178 g/mol. The van der Waals surface area contributed by atoms with Crippen LogP contribution in [0.25, 0.3) is 5.69 Å². The Hall–Kier alpha value is -1.38. The van der Waals surface area contributed by atoms with Crippen molar-refractivity contribution >= 4 is 0 Å².